The monoisotopic (exact) mass is 248 g/mol. The van der Waals surface area contributed by atoms with Gasteiger partial charge in [-0.15, -0.1) is 0 Å². The van der Waals surface area contributed by atoms with Gasteiger partial charge in [0.1, 0.15) is 11.8 Å². The Morgan fingerprint density at radius 3 is 2.78 bits per heavy atom. The maximum Gasteiger partial charge on any atom is 0.203 e. The van der Waals surface area contributed by atoms with Gasteiger partial charge in [0.25, 0.3) is 0 Å². The number of nitrogens with one attached hydrogen (secondary N) is 1. The molecular weight excluding hydrogens is 228 g/mol. The zero-order valence-electron chi connectivity index (χ0n) is 10.9. The SMILES string of the molecule is CN1CCN(CCNCc2ccc(C#N)o2)CC1. The van der Waals surface area contributed by atoms with E-state index in [0.29, 0.717) is 12.3 Å². The first kappa shape index (κ1) is 13.1. The molecule has 0 bridgehead atoms. The molecular formula is C13H20N4O. The van der Waals surface area contributed by atoms with Crippen molar-refractivity contribution < 1.29 is 4.42 Å². The lowest BCUT2D eigenvalue weighted by atomic mass is 10.3. The Labute approximate surface area is 108 Å². The number of nitrogens with zero attached hydrogens (tertiary/aromatic N) is 3. The number of hydrogen-bond acceptors (Lipinski definition) is 5. The molecule has 1 aliphatic rings. The van der Waals surface area contributed by atoms with Gasteiger partial charge in [0.15, 0.2) is 0 Å². The van der Waals surface area contributed by atoms with Gasteiger partial charge in [-0.3, -0.25) is 4.90 Å². The van der Waals surface area contributed by atoms with Crippen LogP contribution in [-0.2, 0) is 6.54 Å². The summed E-state index contributed by atoms with van der Waals surface area (Å²) in [6, 6.07) is 5.54. The number of nitriles is 1. The van der Waals surface area contributed by atoms with E-state index in [1.165, 1.54) is 0 Å². The van der Waals surface area contributed by atoms with E-state index in [4.69, 9.17) is 9.68 Å². The Kier molecular flexibility index (Phi) is 4.76. The second kappa shape index (κ2) is 6.55. The van der Waals surface area contributed by atoms with Crippen molar-refractivity contribution in [3.8, 4) is 6.07 Å². The van der Waals surface area contributed by atoms with E-state index in [0.717, 1.165) is 45.0 Å². The van der Waals surface area contributed by atoms with E-state index in [-0.39, 0.29) is 0 Å². The van der Waals surface area contributed by atoms with Crippen molar-refractivity contribution in [3.63, 3.8) is 0 Å². The highest BCUT2D eigenvalue weighted by Gasteiger charge is 2.12. The second-order valence-corrected chi connectivity index (χ2v) is 4.70. The lowest BCUT2D eigenvalue weighted by Crippen LogP contribution is -2.46. The molecule has 0 saturated carbocycles. The Balaban J connectivity index is 1.60. The first-order chi connectivity index (χ1) is 8.78. The molecule has 1 aromatic rings. The third-order valence-corrected chi connectivity index (χ3v) is 3.27. The van der Waals surface area contributed by atoms with Gasteiger partial charge < -0.3 is 14.6 Å². The van der Waals surface area contributed by atoms with Crippen LogP contribution in [0.15, 0.2) is 16.5 Å². The quantitative estimate of drug-likeness (QED) is 0.769. The molecule has 5 heteroatoms. The van der Waals surface area contributed by atoms with Gasteiger partial charge in [0.2, 0.25) is 5.76 Å². The van der Waals surface area contributed by atoms with Crippen molar-refractivity contribution in [2.45, 2.75) is 6.54 Å². The van der Waals surface area contributed by atoms with Crippen molar-refractivity contribution in [3.05, 3.63) is 23.7 Å². The van der Waals surface area contributed by atoms with Crippen LogP contribution in [-0.4, -0.2) is 56.1 Å². The van der Waals surface area contributed by atoms with Crippen molar-refractivity contribution >= 4 is 0 Å². The lowest BCUT2D eigenvalue weighted by Gasteiger charge is -2.32. The summed E-state index contributed by atoms with van der Waals surface area (Å²) in [6.07, 6.45) is 0. The van der Waals surface area contributed by atoms with Gasteiger partial charge >= 0.3 is 0 Å². The van der Waals surface area contributed by atoms with Crippen LogP contribution < -0.4 is 5.32 Å². The highest BCUT2D eigenvalue weighted by atomic mass is 16.3. The fourth-order valence-electron chi connectivity index (χ4n) is 2.05. The largest absolute Gasteiger partial charge is 0.449 e. The molecule has 1 N–H and O–H groups in total. The molecule has 0 atom stereocenters. The standard InChI is InChI=1S/C13H20N4O/c1-16-6-8-17(9-7-16)5-4-15-11-13-3-2-12(10-14)18-13/h2-3,15H,4-9,11H2,1H3. The van der Waals surface area contributed by atoms with E-state index in [1.807, 2.05) is 12.1 Å². The number of furan rings is 1. The van der Waals surface area contributed by atoms with Crippen molar-refractivity contribution in [2.75, 3.05) is 46.3 Å². The molecule has 1 saturated heterocycles. The van der Waals surface area contributed by atoms with E-state index in [1.54, 1.807) is 6.07 Å². The second-order valence-electron chi connectivity index (χ2n) is 4.70. The summed E-state index contributed by atoms with van der Waals surface area (Å²) in [6.45, 7) is 7.32. The fraction of sp³-hybridized carbons (Fsp3) is 0.615. The molecule has 0 radical (unpaired) electrons. The molecule has 0 spiro atoms. The third kappa shape index (κ3) is 3.84. The first-order valence-corrected chi connectivity index (χ1v) is 6.38. The molecule has 0 unspecified atom stereocenters. The summed E-state index contributed by atoms with van der Waals surface area (Å²) in [5, 5.41) is 12.0. The van der Waals surface area contributed by atoms with E-state index in [9.17, 15) is 0 Å². The highest BCUT2D eigenvalue weighted by molar-refractivity contribution is 5.18. The number of rotatable bonds is 5. The molecule has 2 heterocycles. The van der Waals surface area contributed by atoms with E-state index >= 15 is 0 Å². The van der Waals surface area contributed by atoms with Crippen molar-refractivity contribution in [1.29, 1.82) is 5.26 Å². The van der Waals surface area contributed by atoms with Gasteiger partial charge in [-0.05, 0) is 19.2 Å². The van der Waals surface area contributed by atoms with Gasteiger partial charge in [-0.1, -0.05) is 0 Å². The lowest BCUT2D eigenvalue weighted by molar-refractivity contribution is 0.154. The molecule has 98 valence electrons. The minimum Gasteiger partial charge on any atom is -0.449 e. The van der Waals surface area contributed by atoms with Gasteiger partial charge in [0.05, 0.1) is 6.54 Å². The number of likely N-dealkylation sites (N-methyl/N-ethyl adjacent to an activating group) is 1. The van der Waals surface area contributed by atoms with Crippen LogP contribution in [0.3, 0.4) is 0 Å². The zero-order chi connectivity index (χ0) is 12.8. The van der Waals surface area contributed by atoms with E-state index in [2.05, 4.69) is 22.2 Å². The molecule has 1 fully saturated rings. The van der Waals surface area contributed by atoms with Crippen molar-refractivity contribution in [1.82, 2.24) is 15.1 Å². The van der Waals surface area contributed by atoms with Crippen LogP contribution >= 0.6 is 0 Å². The van der Waals surface area contributed by atoms with Gasteiger partial charge in [-0.2, -0.15) is 5.26 Å². The predicted octanol–water partition coefficient (Wildman–Crippen LogP) is 0.488. The summed E-state index contributed by atoms with van der Waals surface area (Å²) in [5.74, 6) is 1.20. The molecule has 5 nitrogen and oxygen atoms in total. The third-order valence-electron chi connectivity index (χ3n) is 3.27. The summed E-state index contributed by atoms with van der Waals surface area (Å²) >= 11 is 0. The Bertz CT molecular complexity index is 401. The number of hydrogen-bond donors (Lipinski definition) is 1. The average molecular weight is 248 g/mol. The summed E-state index contributed by atoms with van der Waals surface area (Å²) < 4.78 is 5.30. The van der Waals surface area contributed by atoms with Crippen molar-refractivity contribution in [2.24, 2.45) is 0 Å². The fourth-order valence-corrected chi connectivity index (χ4v) is 2.05. The number of piperazine rings is 1. The van der Waals surface area contributed by atoms with Crippen LogP contribution in [0, 0.1) is 11.3 Å². The minimum absolute atomic E-state index is 0.380. The van der Waals surface area contributed by atoms with Crippen LogP contribution in [0.25, 0.3) is 0 Å². The van der Waals surface area contributed by atoms with Crippen LogP contribution in [0.4, 0.5) is 0 Å². The first-order valence-electron chi connectivity index (χ1n) is 6.38. The predicted molar refractivity (Wildman–Crippen MR) is 69.1 cm³/mol. The average Bonchev–Trinajstić information content (AvgIpc) is 2.85. The maximum absolute atomic E-state index is 8.64. The maximum atomic E-state index is 8.64. The molecule has 2 rings (SSSR count). The summed E-state index contributed by atoms with van der Waals surface area (Å²) in [7, 11) is 2.17. The topological polar surface area (TPSA) is 55.4 Å². The molecule has 0 aromatic carbocycles. The molecule has 18 heavy (non-hydrogen) atoms. The molecule has 1 aliphatic heterocycles. The van der Waals surface area contributed by atoms with Gasteiger partial charge in [0, 0.05) is 39.3 Å². The minimum atomic E-state index is 0.380. The molecule has 0 amide bonds. The Hall–Kier alpha value is -1.35. The summed E-state index contributed by atoms with van der Waals surface area (Å²) in [5.41, 5.74) is 0. The molecule has 0 aliphatic carbocycles. The van der Waals surface area contributed by atoms with Gasteiger partial charge in [-0.25, -0.2) is 0 Å². The van der Waals surface area contributed by atoms with Crippen LogP contribution in [0.5, 0.6) is 0 Å². The highest BCUT2D eigenvalue weighted by Crippen LogP contribution is 2.05. The molecule has 1 aromatic heterocycles. The Morgan fingerprint density at radius 1 is 1.33 bits per heavy atom. The zero-order valence-corrected chi connectivity index (χ0v) is 10.9. The van der Waals surface area contributed by atoms with Crippen LogP contribution in [0.2, 0.25) is 0 Å². The Morgan fingerprint density at radius 2 is 2.11 bits per heavy atom. The van der Waals surface area contributed by atoms with E-state index < -0.39 is 0 Å². The summed E-state index contributed by atoms with van der Waals surface area (Å²) in [4.78, 5) is 4.83. The normalized spacial score (nSPS) is 17.8. The van der Waals surface area contributed by atoms with Crippen LogP contribution in [0.1, 0.15) is 11.5 Å². The smallest absolute Gasteiger partial charge is 0.203 e.